The fraction of sp³-hybridized carbons (Fsp3) is 0.143. The summed E-state index contributed by atoms with van der Waals surface area (Å²) in [6.45, 7) is 0.201. The van der Waals surface area contributed by atoms with Crippen molar-refractivity contribution in [1.82, 2.24) is 0 Å². The zero-order valence-electron chi connectivity index (χ0n) is 10.7. The molecule has 5 nitrogen and oxygen atoms in total. The Bertz CT molecular complexity index is 613. The summed E-state index contributed by atoms with van der Waals surface area (Å²) < 4.78 is 11.7. The van der Waals surface area contributed by atoms with E-state index in [2.05, 4.69) is 15.9 Å². The number of nitrogens with zero attached hydrogens (tertiary/aromatic N) is 1. The molecule has 0 radical (unpaired) electrons. The number of ether oxygens (including phenoxy) is 2. The number of hydrogen-bond donors (Lipinski definition) is 0. The van der Waals surface area contributed by atoms with Crippen LogP contribution in [-0.2, 0) is 6.61 Å². The Hall–Kier alpha value is -2.08. The summed E-state index contributed by atoms with van der Waals surface area (Å²) in [7, 11) is 1.52. The maximum Gasteiger partial charge on any atom is 0.270 e. The minimum atomic E-state index is -0.442. The first-order chi connectivity index (χ1) is 9.60. The molecule has 2 aromatic carbocycles. The smallest absolute Gasteiger partial charge is 0.270 e. The Labute approximate surface area is 124 Å². The first kappa shape index (κ1) is 14.3. The van der Waals surface area contributed by atoms with Crippen molar-refractivity contribution in [1.29, 1.82) is 0 Å². The molecule has 2 aromatic rings. The highest BCUT2D eigenvalue weighted by Gasteiger charge is 2.11. The topological polar surface area (TPSA) is 61.6 Å². The molecule has 0 heterocycles. The average molecular weight is 338 g/mol. The van der Waals surface area contributed by atoms with Gasteiger partial charge in [0.15, 0.2) is 0 Å². The Morgan fingerprint density at radius 2 is 1.90 bits per heavy atom. The second kappa shape index (κ2) is 6.38. The van der Waals surface area contributed by atoms with Gasteiger partial charge in [-0.25, -0.2) is 0 Å². The van der Waals surface area contributed by atoms with E-state index < -0.39 is 4.92 Å². The average Bonchev–Trinajstić information content (AvgIpc) is 2.46. The lowest BCUT2D eigenvalue weighted by molar-refractivity contribution is -0.385. The van der Waals surface area contributed by atoms with E-state index in [1.165, 1.54) is 19.2 Å². The van der Waals surface area contributed by atoms with Crippen molar-refractivity contribution in [3.8, 4) is 11.5 Å². The molecule has 0 bridgehead atoms. The van der Waals surface area contributed by atoms with Crippen LogP contribution in [0.1, 0.15) is 5.56 Å². The van der Waals surface area contributed by atoms with E-state index in [1.807, 2.05) is 24.3 Å². The second-order valence-corrected chi connectivity index (χ2v) is 4.91. The van der Waals surface area contributed by atoms with Gasteiger partial charge in [0.25, 0.3) is 5.69 Å². The summed E-state index contributed by atoms with van der Waals surface area (Å²) in [5.41, 5.74) is 0.643. The van der Waals surface area contributed by atoms with Crippen LogP contribution in [0.15, 0.2) is 46.9 Å². The highest BCUT2D eigenvalue weighted by molar-refractivity contribution is 9.10. The maximum atomic E-state index is 10.8. The molecular weight excluding hydrogens is 326 g/mol. The molecular formula is C14H12BrNO4. The molecule has 0 amide bonds. The van der Waals surface area contributed by atoms with Crippen molar-refractivity contribution in [3.63, 3.8) is 0 Å². The van der Waals surface area contributed by atoms with Crippen molar-refractivity contribution in [2.75, 3.05) is 7.11 Å². The van der Waals surface area contributed by atoms with Gasteiger partial charge in [0.2, 0.25) is 0 Å². The molecule has 0 saturated carbocycles. The van der Waals surface area contributed by atoms with Gasteiger partial charge in [-0.15, -0.1) is 0 Å². The van der Waals surface area contributed by atoms with Gasteiger partial charge in [0.05, 0.1) is 12.0 Å². The molecule has 104 valence electrons. The van der Waals surface area contributed by atoms with E-state index in [9.17, 15) is 10.1 Å². The Morgan fingerprint density at radius 3 is 2.50 bits per heavy atom. The molecule has 0 fully saturated rings. The number of benzene rings is 2. The monoisotopic (exact) mass is 337 g/mol. The van der Waals surface area contributed by atoms with Gasteiger partial charge in [-0.05, 0) is 30.3 Å². The number of methoxy groups -OCH3 is 1. The SMILES string of the molecule is COc1ccc([N+](=O)[O-])cc1COc1ccc(Br)cc1. The van der Waals surface area contributed by atoms with E-state index in [4.69, 9.17) is 9.47 Å². The van der Waals surface area contributed by atoms with Gasteiger partial charge in [-0.3, -0.25) is 10.1 Å². The Balaban J connectivity index is 2.16. The van der Waals surface area contributed by atoms with Gasteiger partial charge < -0.3 is 9.47 Å². The van der Waals surface area contributed by atoms with Crippen LogP contribution in [0.2, 0.25) is 0 Å². The molecule has 20 heavy (non-hydrogen) atoms. The highest BCUT2D eigenvalue weighted by atomic mass is 79.9. The number of non-ortho nitro benzene ring substituents is 1. The van der Waals surface area contributed by atoms with Gasteiger partial charge >= 0.3 is 0 Å². The van der Waals surface area contributed by atoms with Gasteiger partial charge in [0.1, 0.15) is 18.1 Å². The third-order valence-electron chi connectivity index (χ3n) is 2.68. The number of rotatable bonds is 5. The third-order valence-corrected chi connectivity index (χ3v) is 3.21. The zero-order valence-corrected chi connectivity index (χ0v) is 12.3. The fourth-order valence-electron chi connectivity index (χ4n) is 1.68. The molecule has 0 aliphatic rings. The minimum Gasteiger partial charge on any atom is -0.496 e. The van der Waals surface area contributed by atoms with Crippen molar-refractivity contribution >= 4 is 21.6 Å². The van der Waals surface area contributed by atoms with E-state index in [0.717, 1.165) is 4.47 Å². The van der Waals surface area contributed by atoms with Crippen LogP contribution >= 0.6 is 15.9 Å². The van der Waals surface area contributed by atoms with Crippen molar-refractivity contribution < 1.29 is 14.4 Å². The van der Waals surface area contributed by atoms with Gasteiger partial charge in [-0.2, -0.15) is 0 Å². The van der Waals surface area contributed by atoms with Crippen LogP contribution in [0.4, 0.5) is 5.69 Å². The summed E-state index contributed by atoms with van der Waals surface area (Å²) in [5.74, 6) is 1.24. The van der Waals surface area contributed by atoms with E-state index >= 15 is 0 Å². The van der Waals surface area contributed by atoms with Crippen LogP contribution in [0.3, 0.4) is 0 Å². The molecule has 0 N–H and O–H groups in total. The maximum absolute atomic E-state index is 10.8. The summed E-state index contributed by atoms with van der Waals surface area (Å²) >= 11 is 3.34. The Kier molecular flexibility index (Phi) is 4.57. The third kappa shape index (κ3) is 3.48. The van der Waals surface area contributed by atoms with Crippen LogP contribution in [-0.4, -0.2) is 12.0 Å². The molecule has 0 atom stereocenters. The van der Waals surface area contributed by atoms with Gasteiger partial charge in [-0.1, -0.05) is 15.9 Å². The molecule has 0 saturated heterocycles. The number of nitro benzene ring substituents is 1. The lowest BCUT2D eigenvalue weighted by Gasteiger charge is -2.10. The summed E-state index contributed by atoms with van der Waals surface area (Å²) in [5, 5.41) is 10.8. The number of hydrogen-bond acceptors (Lipinski definition) is 4. The first-order valence-corrected chi connectivity index (χ1v) is 6.59. The number of nitro groups is 1. The molecule has 6 heteroatoms. The molecule has 0 aromatic heterocycles. The van der Waals surface area contributed by atoms with Crippen LogP contribution < -0.4 is 9.47 Å². The normalized spacial score (nSPS) is 10.1. The Morgan fingerprint density at radius 1 is 1.20 bits per heavy atom. The fourth-order valence-corrected chi connectivity index (χ4v) is 1.95. The van der Waals surface area contributed by atoms with Crippen LogP contribution in [0.5, 0.6) is 11.5 Å². The van der Waals surface area contributed by atoms with Crippen LogP contribution in [0, 0.1) is 10.1 Å². The largest absolute Gasteiger partial charge is 0.496 e. The van der Waals surface area contributed by atoms with Crippen molar-refractivity contribution in [3.05, 3.63) is 62.6 Å². The molecule has 0 spiro atoms. The van der Waals surface area contributed by atoms with Crippen molar-refractivity contribution in [2.45, 2.75) is 6.61 Å². The summed E-state index contributed by atoms with van der Waals surface area (Å²) in [6, 6.07) is 11.8. The predicted octanol–water partition coefficient (Wildman–Crippen LogP) is 3.94. The number of halogens is 1. The summed E-state index contributed by atoms with van der Waals surface area (Å²) in [6.07, 6.45) is 0. The first-order valence-electron chi connectivity index (χ1n) is 5.80. The van der Waals surface area contributed by atoms with Crippen molar-refractivity contribution in [2.24, 2.45) is 0 Å². The van der Waals surface area contributed by atoms with Gasteiger partial charge in [0, 0.05) is 22.2 Å². The second-order valence-electron chi connectivity index (χ2n) is 4.00. The zero-order chi connectivity index (χ0) is 14.5. The highest BCUT2D eigenvalue weighted by Crippen LogP contribution is 2.25. The molecule has 0 aliphatic heterocycles. The molecule has 2 rings (SSSR count). The molecule has 0 aliphatic carbocycles. The quantitative estimate of drug-likeness (QED) is 0.612. The minimum absolute atomic E-state index is 0.0141. The predicted molar refractivity (Wildman–Crippen MR) is 78.1 cm³/mol. The molecule has 0 unspecified atom stereocenters. The van der Waals surface area contributed by atoms with E-state index in [1.54, 1.807) is 6.07 Å². The summed E-state index contributed by atoms with van der Waals surface area (Å²) in [4.78, 5) is 10.3. The lowest BCUT2D eigenvalue weighted by atomic mass is 10.2. The van der Waals surface area contributed by atoms with E-state index in [-0.39, 0.29) is 12.3 Å². The standard InChI is InChI=1S/C14H12BrNO4/c1-19-14-7-4-12(16(17)18)8-10(14)9-20-13-5-2-11(15)3-6-13/h2-8H,9H2,1H3. The van der Waals surface area contributed by atoms with Crippen LogP contribution in [0.25, 0.3) is 0 Å². The van der Waals surface area contributed by atoms with E-state index in [0.29, 0.717) is 17.1 Å². The lowest BCUT2D eigenvalue weighted by Crippen LogP contribution is -2.00.